The summed E-state index contributed by atoms with van der Waals surface area (Å²) in [5.41, 5.74) is 3.45. The predicted molar refractivity (Wildman–Crippen MR) is 139 cm³/mol. The molecule has 188 valence electrons. The largest absolute Gasteiger partial charge is 0.402 e. The van der Waals surface area contributed by atoms with Crippen LogP contribution in [-0.2, 0) is 4.57 Å². The summed E-state index contributed by atoms with van der Waals surface area (Å²) >= 11 is 0. The standard InChI is InChI=1S/C27H37N4O3P/c1-19(15-22(18-29(3)35(32,33)34)21-9-5-4-6-10-21)30-23-13-14-24(30)17-25(16-23)31-20(2)28-26-11-7-8-12-27(26)31/h4-12,19,22-25H,13-18H2,1-3H3,(H2,32,33,34)/t19?,22?,23-,24+,25?. The minimum atomic E-state index is -4.27. The second kappa shape index (κ2) is 9.79. The van der Waals surface area contributed by atoms with Crippen LogP contribution < -0.4 is 0 Å². The summed E-state index contributed by atoms with van der Waals surface area (Å²) in [5.74, 6) is 1.16. The lowest BCUT2D eigenvalue weighted by molar-refractivity contribution is 0.0618. The van der Waals surface area contributed by atoms with Crippen LogP contribution in [0, 0.1) is 6.92 Å². The molecule has 8 heteroatoms. The first-order valence-electron chi connectivity index (χ1n) is 12.8. The van der Waals surface area contributed by atoms with Gasteiger partial charge >= 0.3 is 7.75 Å². The molecule has 5 rings (SSSR count). The van der Waals surface area contributed by atoms with Crippen molar-refractivity contribution in [2.75, 3.05) is 13.6 Å². The number of para-hydroxylation sites is 2. The number of likely N-dealkylation sites (N-methyl/N-ethyl adjacent to an activating group) is 1. The number of aromatic nitrogens is 2. The van der Waals surface area contributed by atoms with Crippen molar-refractivity contribution in [1.29, 1.82) is 0 Å². The van der Waals surface area contributed by atoms with Crippen molar-refractivity contribution in [3.8, 4) is 0 Å². The maximum absolute atomic E-state index is 11.9. The molecule has 2 aliphatic rings. The molecule has 0 amide bonds. The molecule has 35 heavy (non-hydrogen) atoms. The number of rotatable bonds is 8. The summed E-state index contributed by atoms with van der Waals surface area (Å²) in [5, 5.41) is 0. The van der Waals surface area contributed by atoms with Gasteiger partial charge in [-0.3, -0.25) is 4.90 Å². The van der Waals surface area contributed by atoms with E-state index in [0.717, 1.165) is 36.2 Å². The molecule has 7 nitrogen and oxygen atoms in total. The first-order chi connectivity index (χ1) is 16.7. The number of hydrogen-bond acceptors (Lipinski definition) is 3. The molecule has 0 saturated carbocycles. The fourth-order valence-electron chi connectivity index (χ4n) is 6.74. The second-order valence-corrected chi connectivity index (χ2v) is 12.2. The number of nitrogens with zero attached hydrogens (tertiary/aromatic N) is 4. The van der Waals surface area contributed by atoms with Gasteiger partial charge in [0, 0.05) is 30.7 Å². The monoisotopic (exact) mass is 496 g/mol. The highest BCUT2D eigenvalue weighted by atomic mass is 31.2. The average Bonchev–Trinajstić information content (AvgIpc) is 3.30. The van der Waals surface area contributed by atoms with Crippen molar-refractivity contribution in [3.63, 3.8) is 0 Å². The van der Waals surface area contributed by atoms with Gasteiger partial charge in [-0.2, -0.15) is 0 Å². The van der Waals surface area contributed by atoms with Gasteiger partial charge in [0.2, 0.25) is 0 Å². The van der Waals surface area contributed by atoms with Gasteiger partial charge in [-0.1, -0.05) is 42.5 Å². The minimum Gasteiger partial charge on any atom is -0.325 e. The highest BCUT2D eigenvalue weighted by Crippen LogP contribution is 2.45. The molecule has 2 saturated heterocycles. The number of hydrogen-bond donors (Lipinski definition) is 2. The third-order valence-corrected chi connectivity index (χ3v) is 9.29. The number of aryl methyl sites for hydroxylation is 1. The average molecular weight is 497 g/mol. The van der Waals surface area contributed by atoms with E-state index in [4.69, 9.17) is 4.98 Å². The Bertz CT molecular complexity index is 1200. The van der Waals surface area contributed by atoms with Crippen molar-refractivity contribution in [2.45, 2.75) is 76.0 Å². The molecule has 1 aromatic heterocycles. The summed E-state index contributed by atoms with van der Waals surface area (Å²) in [6, 6.07) is 20.5. The highest BCUT2D eigenvalue weighted by Gasteiger charge is 2.44. The van der Waals surface area contributed by atoms with Gasteiger partial charge in [0.05, 0.1) is 11.0 Å². The number of benzene rings is 2. The van der Waals surface area contributed by atoms with Crippen LogP contribution in [0.5, 0.6) is 0 Å². The second-order valence-electron chi connectivity index (χ2n) is 10.5. The zero-order valence-electron chi connectivity index (χ0n) is 20.9. The van der Waals surface area contributed by atoms with Gasteiger partial charge in [-0.15, -0.1) is 0 Å². The zero-order chi connectivity index (χ0) is 24.7. The Morgan fingerprint density at radius 1 is 1.03 bits per heavy atom. The van der Waals surface area contributed by atoms with Gasteiger partial charge in [0.25, 0.3) is 0 Å². The maximum atomic E-state index is 11.9. The van der Waals surface area contributed by atoms with Crippen molar-refractivity contribution in [1.82, 2.24) is 19.1 Å². The molecule has 3 unspecified atom stereocenters. The smallest absolute Gasteiger partial charge is 0.325 e. The number of fused-ring (bicyclic) bond motifs is 3. The summed E-state index contributed by atoms with van der Waals surface area (Å²) in [6.07, 6.45) is 5.56. The van der Waals surface area contributed by atoms with Gasteiger partial charge < -0.3 is 14.4 Å². The zero-order valence-corrected chi connectivity index (χ0v) is 21.8. The van der Waals surface area contributed by atoms with Crippen LogP contribution in [0.15, 0.2) is 54.6 Å². The molecule has 2 N–H and O–H groups in total. The van der Waals surface area contributed by atoms with Gasteiger partial charge in [-0.25, -0.2) is 14.2 Å². The molecule has 5 atom stereocenters. The van der Waals surface area contributed by atoms with E-state index in [-0.39, 0.29) is 5.92 Å². The van der Waals surface area contributed by atoms with Crippen LogP contribution in [0.3, 0.4) is 0 Å². The van der Waals surface area contributed by atoms with Crippen molar-refractivity contribution in [3.05, 3.63) is 66.0 Å². The Hall–Kier alpha value is -2.02. The normalized spacial score (nSPS) is 24.8. The molecule has 3 heterocycles. The van der Waals surface area contributed by atoms with E-state index >= 15 is 0 Å². The van der Waals surface area contributed by atoms with E-state index in [1.165, 1.54) is 30.1 Å². The molecule has 0 aliphatic carbocycles. The Morgan fingerprint density at radius 3 is 2.31 bits per heavy atom. The predicted octanol–water partition coefficient (Wildman–Crippen LogP) is 5.10. The topological polar surface area (TPSA) is 81.8 Å². The maximum Gasteiger partial charge on any atom is 0.402 e. The lowest BCUT2D eigenvalue weighted by Crippen LogP contribution is -2.48. The summed E-state index contributed by atoms with van der Waals surface area (Å²) < 4.78 is 15.5. The number of piperidine rings is 1. The minimum absolute atomic E-state index is 0.0563. The summed E-state index contributed by atoms with van der Waals surface area (Å²) in [6.45, 7) is 4.76. The van der Waals surface area contributed by atoms with Gasteiger partial charge in [-0.05, 0) is 76.6 Å². The molecular formula is C27H37N4O3P. The molecular weight excluding hydrogens is 459 g/mol. The van der Waals surface area contributed by atoms with Crippen molar-refractivity contribution >= 4 is 18.8 Å². The molecule has 0 spiro atoms. The van der Waals surface area contributed by atoms with E-state index in [9.17, 15) is 14.4 Å². The Labute approximate surface area is 208 Å². The number of imidazole rings is 1. The van der Waals surface area contributed by atoms with E-state index in [0.29, 0.717) is 30.7 Å². The van der Waals surface area contributed by atoms with E-state index in [1.807, 2.05) is 18.2 Å². The SMILES string of the molecule is Cc1nc2ccccc2n1C1C[C@H]2CC[C@@H](C1)N2C(C)CC(CN(C)P(=O)(O)O)c1ccccc1. The molecule has 3 aromatic rings. The summed E-state index contributed by atoms with van der Waals surface area (Å²) in [4.78, 5) is 26.9. The van der Waals surface area contributed by atoms with Crippen molar-refractivity contribution < 1.29 is 14.4 Å². The molecule has 2 bridgehead atoms. The fourth-order valence-corrected chi connectivity index (χ4v) is 7.15. The van der Waals surface area contributed by atoms with Crippen LogP contribution in [0.1, 0.15) is 62.4 Å². The van der Waals surface area contributed by atoms with Gasteiger partial charge in [0.1, 0.15) is 5.82 Å². The third-order valence-electron chi connectivity index (χ3n) is 8.24. The first kappa shape index (κ1) is 24.7. The Morgan fingerprint density at radius 2 is 1.66 bits per heavy atom. The lowest BCUT2D eigenvalue weighted by atomic mass is 9.89. The van der Waals surface area contributed by atoms with Crippen LogP contribution >= 0.6 is 7.75 Å². The van der Waals surface area contributed by atoms with E-state index in [1.54, 1.807) is 0 Å². The van der Waals surface area contributed by atoms with Gasteiger partial charge in [0.15, 0.2) is 0 Å². The fraction of sp³-hybridized carbons (Fsp3) is 0.519. The van der Waals surface area contributed by atoms with Crippen molar-refractivity contribution in [2.24, 2.45) is 0 Å². The van der Waals surface area contributed by atoms with Crippen LogP contribution in [0.2, 0.25) is 0 Å². The molecule has 0 radical (unpaired) electrons. The Balaban J connectivity index is 1.34. The molecule has 2 fully saturated rings. The van der Waals surface area contributed by atoms with E-state index < -0.39 is 7.75 Å². The van der Waals surface area contributed by atoms with Crippen LogP contribution in [-0.4, -0.2) is 60.6 Å². The van der Waals surface area contributed by atoms with Crippen LogP contribution in [0.4, 0.5) is 0 Å². The quantitative estimate of drug-likeness (QED) is 0.423. The third kappa shape index (κ3) is 4.98. The molecule has 2 aliphatic heterocycles. The lowest BCUT2D eigenvalue weighted by Gasteiger charge is -2.44. The van der Waals surface area contributed by atoms with E-state index in [2.05, 4.69) is 59.7 Å². The van der Waals surface area contributed by atoms with Crippen LogP contribution in [0.25, 0.3) is 11.0 Å². The highest BCUT2D eigenvalue weighted by molar-refractivity contribution is 7.49. The molecule has 2 aromatic carbocycles. The summed E-state index contributed by atoms with van der Waals surface area (Å²) in [7, 11) is -2.75. The Kier molecular flexibility index (Phi) is 6.90. The first-order valence-corrected chi connectivity index (χ1v) is 14.3.